The first-order chi connectivity index (χ1) is 14.2. The van der Waals surface area contributed by atoms with Crippen LogP contribution in [-0.4, -0.2) is 15.0 Å². The van der Waals surface area contributed by atoms with Gasteiger partial charge < -0.3 is 5.32 Å². The third-order valence-corrected chi connectivity index (χ3v) is 4.97. The molecule has 140 valence electrons. The Labute approximate surface area is 167 Å². The zero-order chi connectivity index (χ0) is 19.8. The van der Waals surface area contributed by atoms with Crippen LogP contribution in [0.25, 0.3) is 32.9 Å². The number of rotatable bonds is 3. The molecule has 0 radical (unpaired) electrons. The van der Waals surface area contributed by atoms with E-state index >= 15 is 0 Å². The van der Waals surface area contributed by atoms with Crippen molar-refractivity contribution in [3.63, 3.8) is 0 Å². The van der Waals surface area contributed by atoms with Gasteiger partial charge in [-0.3, -0.25) is 9.78 Å². The number of benzene rings is 3. The van der Waals surface area contributed by atoms with E-state index in [1.54, 1.807) is 6.20 Å². The minimum Gasteiger partial charge on any atom is -0.326 e. The van der Waals surface area contributed by atoms with Crippen molar-refractivity contribution in [3.8, 4) is 11.1 Å². The Balaban J connectivity index is 1.68. The lowest BCUT2D eigenvalue weighted by atomic mass is 9.97. The summed E-state index contributed by atoms with van der Waals surface area (Å²) in [7, 11) is 0. The average molecular weight is 378 g/mol. The zero-order valence-corrected chi connectivity index (χ0v) is 15.8. The summed E-state index contributed by atoms with van der Waals surface area (Å²) in [6, 6.07) is 24.0. The quantitative estimate of drug-likeness (QED) is 0.453. The zero-order valence-electron chi connectivity index (χ0n) is 15.8. The molecule has 5 rings (SSSR count). The van der Waals surface area contributed by atoms with E-state index in [0.717, 1.165) is 33.2 Å². The van der Waals surface area contributed by atoms with Crippen LogP contribution in [0.3, 0.4) is 0 Å². The molecule has 5 aromatic rings. The summed E-state index contributed by atoms with van der Waals surface area (Å²) in [5.74, 6) is 0.371. The van der Waals surface area contributed by atoms with Gasteiger partial charge in [-0.1, -0.05) is 54.6 Å². The van der Waals surface area contributed by atoms with Gasteiger partial charge in [0.15, 0.2) is 5.65 Å². The lowest BCUT2D eigenvalue weighted by Gasteiger charge is -2.11. The van der Waals surface area contributed by atoms with Crippen molar-refractivity contribution in [2.24, 2.45) is 0 Å². The maximum Gasteiger partial charge on any atom is 0.262 e. The summed E-state index contributed by atoms with van der Waals surface area (Å²) in [5.41, 5.74) is 3.98. The summed E-state index contributed by atoms with van der Waals surface area (Å²) in [5, 5.41) is 5.85. The molecule has 0 saturated carbocycles. The Morgan fingerprint density at radius 1 is 0.897 bits per heavy atom. The SMILES string of the molecule is Cc1cccc(Nc2nc3nccc(-c4cccc5ccccc45)c3c(=O)[nH]2)c1. The first-order valence-electron chi connectivity index (χ1n) is 9.40. The molecule has 29 heavy (non-hydrogen) atoms. The maximum atomic E-state index is 13.0. The number of aromatic nitrogens is 3. The van der Waals surface area contributed by atoms with Crippen LogP contribution >= 0.6 is 0 Å². The van der Waals surface area contributed by atoms with Crippen LogP contribution in [0.2, 0.25) is 0 Å². The fourth-order valence-corrected chi connectivity index (χ4v) is 3.67. The molecule has 3 aromatic carbocycles. The number of pyridine rings is 1. The van der Waals surface area contributed by atoms with Gasteiger partial charge in [0.05, 0.1) is 5.39 Å². The minimum atomic E-state index is -0.221. The number of H-pyrrole nitrogens is 1. The molecular weight excluding hydrogens is 360 g/mol. The Morgan fingerprint density at radius 2 is 1.72 bits per heavy atom. The van der Waals surface area contributed by atoms with E-state index in [1.165, 1.54) is 0 Å². The number of nitrogens with one attached hydrogen (secondary N) is 2. The summed E-state index contributed by atoms with van der Waals surface area (Å²) in [4.78, 5) is 24.8. The predicted octanol–water partition coefficient (Wildman–Crippen LogP) is 5.19. The lowest BCUT2D eigenvalue weighted by molar-refractivity contribution is 1.14. The van der Waals surface area contributed by atoms with Crippen LogP contribution in [0.5, 0.6) is 0 Å². The number of hydrogen-bond donors (Lipinski definition) is 2. The normalized spacial score (nSPS) is 11.1. The van der Waals surface area contributed by atoms with Crippen molar-refractivity contribution >= 4 is 33.4 Å². The van der Waals surface area contributed by atoms with E-state index in [2.05, 4.69) is 38.5 Å². The van der Waals surface area contributed by atoms with Crippen molar-refractivity contribution in [2.75, 3.05) is 5.32 Å². The second kappa shape index (κ2) is 6.87. The summed E-state index contributed by atoms with van der Waals surface area (Å²) in [6.07, 6.45) is 1.70. The minimum absolute atomic E-state index is 0.221. The molecule has 0 fully saturated rings. The summed E-state index contributed by atoms with van der Waals surface area (Å²) in [6.45, 7) is 2.01. The van der Waals surface area contributed by atoms with Crippen molar-refractivity contribution in [1.29, 1.82) is 0 Å². The largest absolute Gasteiger partial charge is 0.326 e. The summed E-state index contributed by atoms with van der Waals surface area (Å²) < 4.78 is 0. The molecule has 2 heterocycles. The van der Waals surface area contributed by atoms with Gasteiger partial charge in [0, 0.05) is 17.4 Å². The highest BCUT2D eigenvalue weighted by Crippen LogP contribution is 2.31. The Hall–Kier alpha value is -3.99. The Bertz CT molecular complexity index is 1420. The molecule has 0 aliphatic rings. The first-order valence-corrected chi connectivity index (χ1v) is 9.40. The fourth-order valence-electron chi connectivity index (χ4n) is 3.67. The molecule has 0 aliphatic carbocycles. The molecule has 0 unspecified atom stereocenters. The van der Waals surface area contributed by atoms with Crippen LogP contribution in [0.1, 0.15) is 5.56 Å². The van der Waals surface area contributed by atoms with E-state index in [4.69, 9.17) is 0 Å². The lowest BCUT2D eigenvalue weighted by Crippen LogP contribution is -2.13. The van der Waals surface area contributed by atoms with Crippen molar-refractivity contribution < 1.29 is 0 Å². The molecule has 0 aliphatic heterocycles. The monoisotopic (exact) mass is 378 g/mol. The second-order valence-corrected chi connectivity index (χ2v) is 6.99. The van der Waals surface area contributed by atoms with E-state index in [1.807, 2.05) is 61.5 Å². The van der Waals surface area contributed by atoms with Crippen LogP contribution < -0.4 is 10.9 Å². The maximum absolute atomic E-state index is 13.0. The molecule has 2 N–H and O–H groups in total. The smallest absolute Gasteiger partial charge is 0.262 e. The van der Waals surface area contributed by atoms with E-state index in [9.17, 15) is 4.79 Å². The first kappa shape index (κ1) is 17.1. The Morgan fingerprint density at radius 3 is 2.62 bits per heavy atom. The van der Waals surface area contributed by atoms with Gasteiger partial charge in [-0.15, -0.1) is 0 Å². The molecule has 0 amide bonds. The van der Waals surface area contributed by atoms with Crippen LogP contribution in [-0.2, 0) is 0 Å². The number of fused-ring (bicyclic) bond motifs is 2. The third kappa shape index (κ3) is 3.12. The topological polar surface area (TPSA) is 70.7 Å². The van der Waals surface area contributed by atoms with Crippen molar-refractivity contribution in [1.82, 2.24) is 15.0 Å². The van der Waals surface area contributed by atoms with Gasteiger partial charge in [0.2, 0.25) is 5.95 Å². The summed E-state index contributed by atoms with van der Waals surface area (Å²) >= 11 is 0. The van der Waals surface area contributed by atoms with Crippen molar-refractivity contribution in [3.05, 3.63) is 94.9 Å². The fraction of sp³-hybridized carbons (Fsp3) is 0.0417. The third-order valence-electron chi connectivity index (χ3n) is 4.97. The van der Waals surface area contributed by atoms with Crippen LogP contribution in [0.15, 0.2) is 83.8 Å². The van der Waals surface area contributed by atoms with Gasteiger partial charge in [0.1, 0.15) is 0 Å². The predicted molar refractivity (Wildman–Crippen MR) is 118 cm³/mol. The average Bonchev–Trinajstić information content (AvgIpc) is 2.73. The van der Waals surface area contributed by atoms with Gasteiger partial charge in [-0.05, 0) is 47.0 Å². The molecule has 0 bridgehead atoms. The van der Waals surface area contributed by atoms with Gasteiger partial charge in [0.25, 0.3) is 5.56 Å². The second-order valence-electron chi connectivity index (χ2n) is 6.99. The number of nitrogens with zero attached hydrogens (tertiary/aromatic N) is 2. The molecule has 5 nitrogen and oxygen atoms in total. The number of hydrogen-bond acceptors (Lipinski definition) is 4. The molecule has 0 spiro atoms. The van der Waals surface area contributed by atoms with Gasteiger partial charge in [-0.2, -0.15) is 4.98 Å². The van der Waals surface area contributed by atoms with E-state index < -0.39 is 0 Å². The highest BCUT2D eigenvalue weighted by Gasteiger charge is 2.13. The van der Waals surface area contributed by atoms with Crippen LogP contribution in [0.4, 0.5) is 11.6 Å². The number of anilines is 2. The molecule has 0 saturated heterocycles. The molecule has 2 aromatic heterocycles. The van der Waals surface area contributed by atoms with Gasteiger partial charge >= 0.3 is 0 Å². The highest BCUT2D eigenvalue weighted by atomic mass is 16.1. The Kier molecular flexibility index (Phi) is 4.06. The molecule has 5 heteroatoms. The van der Waals surface area contributed by atoms with Crippen LogP contribution in [0, 0.1) is 6.92 Å². The molecular formula is C24H18N4O. The van der Waals surface area contributed by atoms with Crippen molar-refractivity contribution in [2.45, 2.75) is 6.92 Å². The van der Waals surface area contributed by atoms with E-state index in [0.29, 0.717) is 17.0 Å². The van der Waals surface area contributed by atoms with E-state index in [-0.39, 0.29) is 5.56 Å². The standard InChI is InChI=1S/C24H18N4O/c1-15-6-4-9-17(14-15)26-24-27-22-21(23(29)28-24)20(12-13-25-22)19-11-5-8-16-7-2-3-10-18(16)19/h2-14H,1H3,(H2,25,26,27,28,29). The molecule has 0 atom stereocenters. The number of aromatic amines is 1. The number of aryl methyl sites for hydroxylation is 1. The highest BCUT2D eigenvalue weighted by molar-refractivity contribution is 6.03. The van der Waals surface area contributed by atoms with Gasteiger partial charge in [-0.25, -0.2) is 4.98 Å².